The van der Waals surface area contributed by atoms with E-state index in [4.69, 9.17) is 5.73 Å². The maximum atomic E-state index is 11.5. The highest BCUT2D eigenvalue weighted by atomic mass is 16.3. The van der Waals surface area contributed by atoms with Crippen molar-refractivity contribution in [3.05, 3.63) is 22.9 Å². The van der Waals surface area contributed by atoms with Crippen molar-refractivity contribution in [3.8, 4) is 0 Å². The Hall–Kier alpha value is -1.62. The fourth-order valence-electron chi connectivity index (χ4n) is 2.82. The summed E-state index contributed by atoms with van der Waals surface area (Å²) in [4.78, 5) is 16.0. The molecule has 4 N–H and O–H groups in total. The zero-order chi connectivity index (χ0) is 14.8. The van der Waals surface area contributed by atoms with Gasteiger partial charge in [-0.15, -0.1) is 0 Å². The average Bonchev–Trinajstić information content (AvgIpc) is 2.89. The van der Waals surface area contributed by atoms with Crippen molar-refractivity contribution in [2.24, 2.45) is 11.1 Å². The number of amides is 1. The fourth-order valence-corrected chi connectivity index (χ4v) is 2.82. The van der Waals surface area contributed by atoms with E-state index in [1.807, 2.05) is 13.8 Å². The van der Waals surface area contributed by atoms with Crippen LogP contribution in [0.2, 0.25) is 0 Å². The van der Waals surface area contributed by atoms with Crippen LogP contribution >= 0.6 is 0 Å². The first kappa shape index (κ1) is 14.8. The smallest absolute Gasteiger partial charge is 0.252 e. The summed E-state index contributed by atoms with van der Waals surface area (Å²) in [6.07, 6.45) is 4.30. The molecule has 5 nitrogen and oxygen atoms in total. The Kier molecular flexibility index (Phi) is 4.28. The third-order valence-electron chi connectivity index (χ3n) is 4.36. The molecule has 0 bridgehead atoms. The summed E-state index contributed by atoms with van der Waals surface area (Å²) in [5.41, 5.74) is 7.57. The molecule has 20 heavy (non-hydrogen) atoms. The molecule has 2 rings (SSSR count). The summed E-state index contributed by atoms with van der Waals surface area (Å²) in [7, 11) is 0. The van der Waals surface area contributed by atoms with Crippen molar-refractivity contribution in [2.45, 2.75) is 39.5 Å². The lowest BCUT2D eigenvalue weighted by atomic mass is 9.87. The van der Waals surface area contributed by atoms with Crippen molar-refractivity contribution >= 4 is 11.7 Å². The molecule has 0 atom stereocenters. The molecule has 0 aliphatic heterocycles. The van der Waals surface area contributed by atoms with E-state index in [9.17, 15) is 9.90 Å². The summed E-state index contributed by atoms with van der Waals surface area (Å²) in [5, 5.41) is 12.8. The lowest BCUT2D eigenvalue weighted by molar-refractivity contribution is 0.100. The molecule has 1 aliphatic rings. The van der Waals surface area contributed by atoms with Crippen LogP contribution in [0.5, 0.6) is 0 Å². The SMILES string of the molecule is Cc1cc(C(N)=O)c(NCC2(CO)CCCC2)nc1C. The molecule has 1 aliphatic carbocycles. The topological polar surface area (TPSA) is 88.2 Å². The van der Waals surface area contributed by atoms with Gasteiger partial charge in [0.15, 0.2) is 0 Å². The van der Waals surface area contributed by atoms with Crippen LogP contribution in [-0.2, 0) is 0 Å². The Labute approximate surface area is 119 Å². The Morgan fingerprint density at radius 1 is 1.45 bits per heavy atom. The van der Waals surface area contributed by atoms with Crippen LogP contribution in [0.4, 0.5) is 5.82 Å². The molecule has 1 aromatic heterocycles. The van der Waals surface area contributed by atoms with Gasteiger partial charge in [-0.2, -0.15) is 0 Å². The highest BCUT2D eigenvalue weighted by Gasteiger charge is 2.33. The van der Waals surface area contributed by atoms with Crippen LogP contribution in [0.3, 0.4) is 0 Å². The van der Waals surface area contributed by atoms with Crippen LogP contribution < -0.4 is 11.1 Å². The highest BCUT2D eigenvalue weighted by molar-refractivity contribution is 5.97. The standard InChI is InChI=1S/C15H23N3O2/c1-10-7-12(13(16)20)14(18-11(10)2)17-8-15(9-19)5-3-4-6-15/h7,19H,3-6,8-9H2,1-2H3,(H2,16,20)(H,17,18). The van der Waals surface area contributed by atoms with Crippen molar-refractivity contribution in [3.63, 3.8) is 0 Å². The zero-order valence-corrected chi connectivity index (χ0v) is 12.2. The zero-order valence-electron chi connectivity index (χ0n) is 12.2. The number of pyridine rings is 1. The van der Waals surface area contributed by atoms with E-state index < -0.39 is 5.91 Å². The lowest BCUT2D eigenvalue weighted by Gasteiger charge is -2.27. The van der Waals surface area contributed by atoms with E-state index in [0.717, 1.165) is 36.9 Å². The molecule has 1 saturated carbocycles. The van der Waals surface area contributed by atoms with Gasteiger partial charge in [0.2, 0.25) is 0 Å². The predicted molar refractivity (Wildman–Crippen MR) is 78.7 cm³/mol. The number of anilines is 1. The lowest BCUT2D eigenvalue weighted by Crippen LogP contribution is -2.31. The number of aryl methyl sites for hydroxylation is 2. The van der Waals surface area contributed by atoms with Gasteiger partial charge in [-0.25, -0.2) is 4.98 Å². The van der Waals surface area contributed by atoms with Crippen LogP contribution in [0, 0.1) is 19.3 Å². The summed E-state index contributed by atoms with van der Waals surface area (Å²) >= 11 is 0. The number of rotatable bonds is 5. The first-order chi connectivity index (χ1) is 9.47. The summed E-state index contributed by atoms with van der Waals surface area (Å²) in [5.74, 6) is 0.0490. The minimum atomic E-state index is -0.479. The quantitative estimate of drug-likeness (QED) is 0.765. The van der Waals surface area contributed by atoms with E-state index in [2.05, 4.69) is 10.3 Å². The van der Waals surface area contributed by atoms with Crippen LogP contribution in [0.15, 0.2) is 6.07 Å². The van der Waals surface area contributed by atoms with Gasteiger partial charge in [0.1, 0.15) is 5.82 Å². The van der Waals surface area contributed by atoms with Gasteiger partial charge in [-0.3, -0.25) is 4.79 Å². The van der Waals surface area contributed by atoms with E-state index >= 15 is 0 Å². The number of nitrogens with one attached hydrogen (secondary N) is 1. The molecular formula is C15H23N3O2. The number of aliphatic hydroxyl groups is 1. The summed E-state index contributed by atoms with van der Waals surface area (Å²) < 4.78 is 0. The third-order valence-corrected chi connectivity index (χ3v) is 4.36. The van der Waals surface area contributed by atoms with Gasteiger partial charge in [0.05, 0.1) is 12.2 Å². The molecule has 1 amide bonds. The fraction of sp³-hybridized carbons (Fsp3) is 0.600. The molecule has 0 saturated heterocycles. The number of carbonyl (C=O) groups excluding carboxylic acids is 1. The van der Waals surface area contributed by atoms with Crippen molar-refractivity contribution in [1.82, 2.24) is 4.98 Å². The summed E-state index contributed by atoms with van der Waals surface area (Å²) in [6, 6.07) is 1.77. The van der Waals surface area contributed by atoms with Gasteiger partial charge in [0, 0.05) is 17.7 Å². The van der Waals surface area contributed by atoms with Crippen molar-refractivity contribution < 1.29 is 9.90 Å². The molecule has 110 valence electrons. The Morgan fingerprint density at radius 2 is 2.10 bits per heavy atom. The number of hydrogen-bond donors (Lipinski definition) is 3. The maximum Gasteiger partial charge on any atom is 0.252 e. The number of carbonyl (C=O) groups is 1. The number of aliphatic hydroxyl groups excluding tert-OH is 1. The highest BCUT2D eigenvalue weighted by Crippen LogP contribution is 2.37. The Morgan fingerprint density at radius 3 is 2.65 bits per heavy atom. The minimum Gasteiger partial charge on any atom is -0.396 e. The Bertz CT molecular complexity index is 508. The third kappa shape index (κ3) is 2.93. The van der Waals surface area contributed by atoms with Gasteiger partial charge in [0.25, 0.3) is 5.91 Å². The number of aromatic nitrogens is 1. The molecule has 5 heteroatoms. The minimum absolute atomic E-state index is 0.0879. The molecule has 1 heterocycles. The van der Waals surface area contributed by atoms with E-state index in [0.29, 0.717) is 17.9 Å². The monoisotopic (exact) mass is 277 g/mol. The second-order valence-electron chi connectivity index (χ2n) is 5.87. The van der Waals surface area contributed by atoms with E-state index in [-0.39, 0.29) is 12.0 Å². The molecule has 0 unspecified atom stereocenters. The molecule has 1 fully saturated rings. The first-order valence-electron chi connectivity index (χ1n) is 7.10. The second-order valence-corrected chi connectivity index (χ2v) is 5.87. The van der Waals surface area contributed by atoms with Crippen LogP contribution in [-0.4, -0.2) is 29.1 Å². The molecule has 0 spiro atoms. The average molecular weight is 277 g/mol. The molecular weight excluding hydrogens is 254 g/mol. The van der Waals surface area contributed by atoms with Crippen molar-refractivity contribution in [2.75, 3.05) is 18.5 Å². The summed E-state index contributed by atoms with van der Waals surface area (Å²) in [6.45, 7) is 4.60. The van der Waals surface area contributed by atoms with Crippen LogP contribution in [0.25, 0.3) is 0 Å². The van der Waals surface area contributed by atoms with Gasteiger partial charge in [-0.1, -0.05) is 12.8 Å². The predicted octanol–water partition coefficient (Wildman–Crippen LogP) is 1.76. The maximum absolute atomic E-state index is 11.5. The number of nitrogens with zero attached hydrogens (tertiary/aromatic N) is 1. The van der Waals surface area contributed by atoms with Crippen molar-refractivity contribution in [1.29, 1.82) is 0 Å². The second kappa shape index (κ2) is 5.79. The number of primary amides is 1. The molecule has 0 aromatic carbocycles. The van der Waals surface area contributed by atoms with E-state index in [1.165, 1.54) is 0 Å². The van der Waals surface area contributed by atoms with Gasteiger partial charge in [-0.05, 0) is 38.3 Å². The van der Waals surface area contributed by atoms with Gasteiger partial charge >= 0.3 is 0 Å². The van der Waals surface area contributed by atoms with Crippen LogP contribution in [0.1, 0.15) is 47.3 Å². The van der Waals surface area contributed by atoms with E-state index in [1.54, 1.807) is 6.07 Å². The molecule has 0 radical (unpaired) electrons. The normalized spacial score (nSPS) is 17.1. The number of hydrogen-bond acceptors (Lipinski definition) is 4. The Balaban J connectivity index is 2.20. The molecule has 1 aromatic rings. The first-order valence-corrected chi connectivity index (χ1v) is 7.10. The largest absolute Gasteiger partial charge is 0.396 e. The van der Waals surface area contributed by atoms with Gasteiger partial charge < -0.3 is 16.2 Å². The number of nitrogens with two attached hydrogens (primary N) is 1.